The van der Waals surface area contributed by atoms with E-state index in [2.05, 4.69) is 22.2 Å². The number of phenols is 1. The lowest BCUT2D eigenvalue weighted by Gasteiger charge is -2.23. The van der Waals surface area contributed by atoms with Gasteiger partial charge in [-0.15, -0.1) is 0 Å². The van der Waals surface area contributed by atoms with Crippen LogP contribution in [0.4, 0.5) is 0 Å². The number of benzene rings is 1. The molecular formula is C17H27NO3. The minimum atomic E-state index is -0.318. The van der Waals surface area contributed by atoms with Crippen LogP contribution in [0.5, 0.6) is 5.75 Å². The first-order chi connectivity index (χ1) is 9.83. The molecule has 0 bridgehead atoms. The second-order valence-electron chi connectivity index (χ2n) is 6.40. The fourth-order valence-corrected chi connectivity index (χ4v) is 2.23. The molecule has 0 aliphatic carbocycles. The van der Waals surface area contributed by atoms with Gasteiger partial charge in [-0.25, -0.2) is 0 Å². The molecule has 4 nitrogen and oxygen atoms in total. The minimum Gasteiger partial charge on any atom is -0.508 e. The molecule has 1 aromatic rings. The molecule has 1 heterocycles. The smallest absolute Gasteiger partial charge is 0.293 e. The van der Waals surface area contributed by atoms with Crippen LogP contribution in [0.3, 0.4) is 0 Å². The molecule has 4 heteroatoms. The molecule has 1 aromatic carbocycles. The molecule has 2 rings (SSSR count). The number of phenolic OH excluding ortho intramolecular Hbond substituents is 1. The standard InChI is InChI=1S/C12H17NO.C5H10O2/c1-9-8-11(2-3-12(9)14)10-4-6-13-7-5-10;1-5(2,3)7-4-6/h2-3,8,10,13-14H,4-7H2,1H3;4H,1-3H3. The van der Waals surface area contributed by atoms with Crippen LogP contribution in [0.15, 0.2) is 18.2 Å². The lowest BCUT2D eigenvalue weighted by atomic mass is 9.89. The van der Waals surface area contributed by atoms with Gasteiger partial charge in [-0.1, -0.05) is 12.1 Å². The molecule has 1 aliphatic heterocycles. The van der Waals surface area contributed by atoms with Crippen LogP contribution in [0.1, 0.15) is 50.7 Å². The third kappa shape index (κ3) is 6.63. The number of hydrogen-bond acceptors (Lipinski definition) is 4. The molecule has 0 amide bonds. The van der Waals surface area contributed by atoms with Crippen LogP contribution in [0, 0.1) is 6.92 Å². The quantitative estimate of drug-likeness (QED) is 0.823. The maximum Gasteiger partial charge on any atom is 0.293 e. The lowest BCUT2D eigenvalue weighted by Crippen LogP contribution is -2.26. The van der Waals surface area contributed by atoms with E-state index in [4.69, 9.17) is 0 Å². The first-order valence-electron chi connectivity index (χ1n) is 7.45. The van der Waals surface area contributed by atoms with Crippen molar-refractivity contribution in [2.45, 2.75) is 52.1 Å². The van der Waals surface area contributed by atoms with Gasteiger partial charge in [0, 0.05) is 0 Å². The van der Waals surface area contributed by atoms with Crippen molar-refractivity contribution in [1.29, 1.82) is 0 Å². The van der Waals surface area contributed by atoms with Gasteiger partial charge < -0.3 is 15.2 Å². The first-order valence-corrected chi connectivity index (χ1v) is 7.45. The van der Waals surface area contributed by atoms with Gasteiger partial charge in [0.25, 0.3) is 6.47 Å². The summed E-state index contributed by atoms with van der Waals surface area (Å²) in [5.74, 6) is 1.08. The van der Waals surface area contributed by atoms with Crippen molar-refractivity contribution < 1.29 is 14.6 Å². The number of rotatable bonds is 2. The fraction of sp³-hybridized carbons (Fsp3) is 0.588. The van der Waals surface area contributed by atoms with Crippen molar-refractivity contribution in [3.8, 4) is 5.75 Å². The van der Waals surface area contributed by atoms with Crippen LogP contribution >= 0.6 is 0 Å². The Morgan fingerprint density at radius 1 is 1.29 bits per heavy atom. The average Bonchev–Trinajstić information content (AvgIpc) is 2.42. The number of carbonyl (C=O) groups excluding carboxylic acids is 1. The maximum atomic E-state index is 9.60. The minimum absolute atomic E-state index is 0.318. The Hall–Kier alpha value is -1.55. The number of ether oxygens (including phenoxy) is 1. The SMILES string of the molecule is CC(C)(C)OC=O.Cc1cc(C2CCNCC2)ccc1O. The number of aryl methyl sites for hydroxylation is 1. The van der Waals surface area contributed by atoms with E-state index in [0.29, 0.717) is 18.1 Å². The molecule has 0 radical (unpaired) electrons. The monoisotopic (exact) mass is 293 g/mol. The van der Waals surface area contributed by atoms with Crippen molar-refractivity contribution in [2.24, 2.45) is 0 Å². The Kier molecular flexibility index (Phi) is 6.69. The summed E-state index contributed by atoms with van der Waals surface area (Å²) in [4.78, 5) is 9.60. The maximum absolute atomic E-state index is 9.60. The molecule has 0 atom stereocenters. The second-order valence-corrected chi connectivity index (χ2v) is 6.40. The van der Waals surface area contributed by atoms with E-state index in [1.54, 1.807) is 0 Å². The highest BCUT2D eigenvalue weighted by Crippen LogP contribution is 2.28. The predicted octanol–water partition coefficient (Wildman–Crippen LogP) is 3.13. The molecule has 118 valence electrons. The van der Waals surface area contributed by atoms with Crippen LogP contribution in [-0.4, -0.2) is 30.3 Å². The highest BCUT2D eigenvalue weighted by atomic mass is 16.5. The van der Waals surface area contributed by atoms with E-state index in [-0.39, 0.29) is 5.60 Å². The Labute approximate surface area is 127 Å². The Morgan fingerprint density at radius 3 is 2.33 bits per heavy atom. The summed E-state index contributed by atoms with van der Waals surface area (Å²) in [6.07, 6.45) is 2.43. The van der Waals surface area contributed by atoms with Gasteiger partial charge in [0.05, 0.1) is 0 Å². The molecule has 21 heavy (non-hydrogen) atoms. The highest BCUT2D eigenvalue weighted by molar-refractivity contribution is 5.38. The molecule has 1 aliphatic rings. The van der Waals surface area contributed by atoms with Crippen LogP contribution in [0.25, 0.3) is 0 Å². The number of aromatic hydroxyl groups is 1. The van der Waals surface area contributed by atoms with Gasteiger partial charge in [0.15, 0.2) is 0 Å². The Balaban J connectivity index is 0.000000270. The average molecular weight is 293 g/mol. The number of piperidine rings is 1. The lowest BCUT2D eigenvalue weighted by molar-refractivity contribution is -0.138. The molecule has 0 aromatic heterocycles. The van der Waals surface area contributed by atoms with Gasteiger partial charge >= 0.3 is 0 Å². The molecule has 1 saturated heterocycles. The van der Waals surface area contributed by atoms with Crippen LogP contribution in [0.2, 0.25) is 0 Å². The normalized spacial score (nSPS) is 15.8. The van der Waals surface area contributed by atoms with Crippen molar-refractivity contribution in [1.82, 2.24) is 5.32 Å². The molecule has 1 fully saturated rings. The van der Waals surface area contributed by atoms with Crippen LogP contribution < -0.4 is 5.32 Å². The fourth-order valence-electron chi connectivity index (χ4n) is 2.23. The number of carbonyl (C=O) groups is 1. The van der Waals surface area contributed by atoms with E-state index in [0.717, 1.165) is 18.7 Å². The third-order valence-corrected chi connectivity index (χ3v) is 3.43. The summed E-state index contributed by atoms with van der Waals surface area (Å²) in [6.45, 7) is 10.1. The van der Waals surface area contributed by atoms with Gasteiger partial charge in [-0.05, 0) is 76.7 Å². The zero-order valence-corrected chi connectivity index (χ0v) is 13.5. The molecule has 2 N–H and O–H groups in total. The topological polar surface area (TPSA) is 58.6 Å². The summed E-state index contributed by atoms with van der Waals surface area (Å²) >= 11 is 0. The summed E-state index contributed by atoms with van der Waals surface area (Å²) in [6, 6.07) is 5.98. The van der Waals surface area contributed by atoms with Gasteiger partial charge in [-0.3, -0.25) is 4.79 Å². The van der Waals surface area contributed by atoms with E-state index in [9.17, 15) is 9.90 Å². The van der Waals surface area contributed by atoms with Crippen molar-refractivity contribution >= 4 is 6.47 Å². The summed E-state index contributed by atoms with van der Waals surface area (Å²) in [5.41, 5.74) is 2.05. The predicted molar refractivity (Wildman–Crippen MR) is 84.6 cm³/mol. The third-order valence-electron chi connectivity index (χ3n) is 3.43. The summed E-state index contributed by atoms with van der Waals surface area (Å²) in [7, 11) is 0. The van der Waals surface area contributed by atoms with E-state index >= 15 is 0 Å². The largest absolute Gasteiger partial charge is 0.508 e. The Bertz CT molecular complexity index is 446. The van der Waals surface area contributed by atoms with Gasteiger partial charge in [0.1, 0.15) is 11.4 Å². The van der Waals surface area contributed by atoms with Gasteiger partial charge in [0.2, 0.25) is 0 Å². The molecule has 0 unspecified atom stereocenters. The van der Waals surface area contributed by atoms with Crippen molar-refractivity contribution in [3.63, 3.8) is 0 Å². The Morgan fingerprint density at radius 2 is 1.90 bits per heavy atom. The van der Waals surface area contributed by atoms with Crippen molar-refractivity contribution in [2.75, 3.05) is 13.1 Å². The van der Waals surface area contributed by atoms with E-state index in [1.807, 2.05) is 33.8 Å². The van der Waals surface area contributed by atoms with E-state index < -0.39 is 0 Å². The second kappa shape index (κ2) is 8.03. The number of nitrogens with one attached hydrogen (secondary N) is 1. The molecule has 0 saturated carbocycles. The first kappa shape index (κ1) is 17.5. The summed E-state index contributed by atoms with van der Waals surface area (Å²) < 4.78 is 4.55. The highest BCUT2D eigenvalue weighted by Gasteiger charge is 2.15. The molecule has 0 spiro atoms. The van der Waals surface area contributed by atoms with E-state index in [1.165, 1.54) is 18.4 Å². The van der Waals surface area contributed by atoms with Crippen molar-refractivity contribution in [3.05, 3.63) is 29.3 Å². The number of hydrogen-bond donors (Lipinski definition) is 2. The summed E-state index contributed by atoms with van der Waals surface area (Å²) in [5, 5.41) is 12.8. The molecular weight excluding hydrogens is 266 g/mol. The zero-order chi connectivity index (χ0) is 15.9. The van der Waals surface area contributed by atoms with Crippen LogP contribution in [-0.2, 0) is 9.53 Å². The zero-order valence-electron chi connectivity index (χ0n) is 13.5. The van der Waals surface area contributed by atoms with Gasteiger partial charge in [-0.2, -0.15) is 0 Å².